The van der Waals surface area contributed by atoms with Crippen LogP contribution in [0.3, 0.4) is 0 Å². The molecule has 0 aliphatic rings. The van der Waals surface area contributed by atoms with Crippen LogP contribution >= 0.6 is 0 Å². The van der Waals surface area contributed by atoms with Crippen LogP contribution in [-0.2, 0) is 19.4 Å². The highest BCUT2D eigenvalue weighted by Gasteiger charge is 2.02. The first-order valence-corrected chi connectivity index (χ1v) is 6.56. The molecule has 0 aliphatic carbocycles. The maximum atomic E-state index is 10.9. The average molecular weight is 235 g/mol. The molecule has 15 heavy (non-hydrogen) atoms. The fourth-order valence-electron chi connectivity index (χ4n) is 0.829. The lowest BCUT2D eigenvalue weighted by Gasteiger charge is -2.01. The van der Waals surface area contributed by atoms with Crippen molar-refractivity contribution < 1.29 is 17.9 Å². The molecule has 6 heteroatoms. The summed E-state index contributed by atoms with van der Waals surface area (Å²) in [5.74, 6) is -0.280. The number of hydrogen-bond donors (Lipinski definition) is 1. The summed E-state index contributed by atoms with van der Waals surface area (Å²) < 4.78 is 26.0. The van der Waals surface area contributed by atoms with E-state index < -0.39 is 9.84 Å². The number of hydrogen-bond acceptors (Lipinski definition) is 5. The highest BCUT2D eigenvalue weighted by Crippen LogP contribution is 1.93. The molecule has 0 aliphatic heterocycles. The molecule has 0 unspecified atom stereocenters. The van der Waals surface area contributed by atoms with E-state index in [2.05, 4.69) is 10.1 Å². The Kier molecular flexibility index (Phi) is 6.19. The molecule has 0 atom stereocenters. The second kappa shape index (κ2) is 6.58. The third kappa shape index (κ3) is 8.14. The first kappa shape index (κ1) is 14.1. The molecular weight excluding hydrogens is 218 g/mol. The monoisotopic (exact) mass is 235 g/mol. The van der Waals surface area contributed by atoms with Gasteiger partial charge in [0.1, 0.15) is 9.84 Å². The Balaban J connectivity index is 3.75. The van der Waals surface area contributed by atoms with Crippen molar-refractivity contribution >= 4 is 15.8 Å². The van der Waals surface area contributed by atoms with E-state index in [1.165, 1.54) is 13.4 Å². The molecule has 0 bridgehead atoms. The van der Waals surface area contributed by atoms with Gasteiger partial charge in [0.25, 0.3) is 0 Å². The van der Waals surface area contributed by atoms with E-state index in [1.807, 2.05) is 0 Å². The number of nitrogens with one attached hydrogen (secondary N) is 1. The van der Waals surface area contributed by atoms with Crippen molar-refractivity contribution in [1.82, 2.24) is 5.32 Å². The zero-order chi connectivity index (χ0) is 11.9. The Labute approximate surface area is 90.4 Å². The lowest BCUT2D eigenvalue weighted by atomic mass is 10.3. The van der Waals surface area contributed by atoms with Crippen molar-refractivity contribution in [3.05, 3.63) is 11.6 Å². The largest absolute Gasteiger partial charge is 0.466 e. The summed E-state index contributed by atoms with van der Waals surface area (Å²) in [4.78, 5) is 10.9. The van der Waals surface area contributed by atoms with Crippen molar-refractivity contribution in [3.63, 3.8) is 0 Å². The lowest BCUT2D eigenvalue weighted by Crippen LogP contribution is -2.22. The van der Waals surface area contributed by atoms with Crippen molar-refractivity contribution in [2.45, 2.75) is 6.92 Å². The molecule has 0 rings (SSSR count). The van der Waals surface area contributed by atoms with Crippen LogP contribution in [-0.4, -0.2) is 46.6 Å². The highest BCUT2D eigenvalue weighted by atomic mass is 32.2. The van der Waals surface area contributed by atoms with Gasteiger partial charge in [-0.25, -0.2) is 13.2 Å². The van der Waals surface area contributed by atoms with Crippen LogP contribution in [0.4, 0.5) is 0 Å². The summed E-state index contributed by atoms with van der Waals surface area (Å²) in [7, 11) is -1.60. The first-order chi connectivity index (χ1) is 6.87. The zero-order valence-corrected chi connectivity index (χ0v) is 10.1. The standard InChI is InChI=1S/C9H17NO4S/c1-8(9(11)14-2)4-5-10-6-7-15(3,12)13/h4,10H,5-7H2,1-3H3. The molecular formula is C9H17NO4S. The van der Waals surface area contributed by atoms with Gasteiger partial charge in [-0.3, -0.25) is 0 Å². The van der Waals surface area contributed by atoms with Gasteiger partial charge in [0.2, 0.25) is 0 Å². The van der Waals surface area contributed by atoms with Gasteiger partial charge >= 0.3 is 5.97 Å². The predicted octanol–water partition coefficient (Wildman–Crippen LogP) is -0.260. The van der Waals surface area contributed by atoms with Crippen LogP contribution in [0.2, 0.25) is 0 Å². The molecule has 0 aromatic carbocycles. The Hall–Kier alpha value is -0.880. The quantitative estimate of drug-likeness (QED) is 0.390. The second-order valence-corrected chi connectivity index (χ2v) is 5.47. The van der Waals surface area contributed by atoms with E-state index in [9.17, 15) is 13.2 Å². The minimum Gasteiger partial charge on any atom is -0.466 e. The Bertz CT molecular complexity index is 332. The van der Waals surface area contributed by atoms with E-state index >= 15 is 0 Å². The van der Waals surface area contributed by atoms with Crippen LogP contribution in [0.15, 0.2) is 11.6 Å². The second-order valence-electron chi connectivity index (χ2n) is 3.21. The molecule has 0 aromatic heterocycles. The van der Waals surface area contributed by atoms with E-state index in [4.69, 9.17) is 0 Å². The average Bonchev–Trinajstić information content (AvgIpc) is 2.14. The number of esters is 1. The van der Waals surface area contributed by atoms with Crippen molar-refractivity contribution in [2.75, 3.05) is 32.2 Å². The number of carbonyl (C=O) groups is 1. The van der Waals surface area contributed by atoms with Gasteiger partial charge in [-0.1, -0.05) is 6.08 Å². The molecule has 1 N–H and O–H groups in total. The molecule has 0 saturated heterocycles. The third-order valence-electron chi connectivity index (χ3n) is 1.71. The van der Waals surface area contributed by atoms with Crippen molar-refractivity contribution in [3.8, 4) is 0 Å². The van der Waals surface area contributed by atoms with Gasteiger partial charge in [0.05, 0.1) is 12.9 Å². The molecule has 0 aromatic rings. The van der Waals surface area contributed by atoms with E-state index in [1.54, 1.807) is 13.0 Å². The molecule has 0 heterocycles. The Morgan fingerprint density at radius 3 is 2.53 bits per heavy atom. The topological polar surface area (TPSA) is 72.5 Å². The van der Waals surface area contributed by atoms with Crippen LogP contribution in [0.25, 0.3) is 0 Å². The molecule has 88 valence electrons. The summed E-state index contributed by atoms with van der Waals surface area (Å²) in [5.41, 5.74) is 0.504. The van der Waals surface area contributed by atoms with E-state index in [0.29, 0.717) is 18.7 Å². The number of methoxy groups -OCH3 is 1. The van der Waals surface area contributed by atoms with Gasteiger partial charge in [-0.2, -0.15) is 0 Å². The normalized spacial score (nSPS) is 12.6. The maximum Gasteiger partial charge on any atom is 0.333 e. The van der Waals surface area contributed by atoms with Crippen molar-refractivity contribution in [2.24, 2.45) is 0 Å². The van der Waals surface area contributed by atoms with Crippen LogP contribution < -0.4 is 5.32 Å². The first-order valence-electron chi connectivity index (χ1n) is 4.50. The molecule has 0 saturated carbocycles. The van der Waals surface area contributed by atoms with Gasteiger partial charge in [-0.05, 0) is 6.92 Å². The van der Waals surface area contributed by atoms with Gasteiger partial charge in [0, 0.05) is 24.9 Å². The highest BCUT2D eigenvalue weighted by molar-refractivity contribution is 7.90. The SMILES string of the molecule is COC(=O)C(C)=CCNCCS(C)(=O)=O. The molecule has 0 radical (unpaired) electrons. The van der Waals surface area contributed by atoms with Crippen LogP contribution in [0.1, 0.15) is 6.92 Å². The minimum absolute atomic E-state index is 0.0953. The molecule has 0 amide bonds. The summed E-state index contributed by atoms with van der Waals surface area (Å²) >= 11 is 0. The van der Waals surface area contributed by atoms with Gasteiger partial charge in [-0.15, -0.1) is 0 Å². The number of ether oxygens (including phenoxy) is 1. The minimum atomic E-state index is -2.92. The number of carbonyl (C=O) groups excluding carboxylic acids is 1. The number of rotatable bonds is 6. The van der Waals surface area contributed by atoms with E-state index in [-0.39, 0.29) is 11.7 Å². The summed E-state index contributed by atoms with van der Waals surface area (Å²) in [5, 5.41) is 2.89. The lowest BCUT2D eigenvalue weighted by molar-refractivity contribution is -0.136. The Morgan fingerprint density at radius 1 is 1.47 bits per heavy atom. The fraction of sp³-hybridized carbons (Fsp3) is 0.667. The number of sulfone groups is 1. The maximum absolute atomic E-state index is 10.9. The summed E-state index contributed by atoms with van der Waals surface area (Å²) in [6, 6.07) is 0. The zero-order valence-electron chi connectivity index (χ0n) is 9.24. The van der Waals surface area contributed by atoms with Crippen LogP contribution in [0.5, 0.6) is 0 Å². The molecule has 0 spiro atoms. The summed E-state index contributed by atoms with van der Waals surface area (Å²) in [6.07, 6.45) is 2.85. The summed E-state index contributed by atoms with van der Waals surface area (Å²) in [6.45, 7) is 2.48. The van der Waals surface area contributed by atoms with Crippen LogP contribution in [0, 0.1) is 0 Å². The van der Waals surface area contributed by atoms with E-state index in [0.717, 1.165) is 0 Å². The Morgan fingerprint density at radius 2 is 2.07 bits per heavy atom. The van der Waals surface area contributed by atoms with Gasteiger partial charge in [0.15, 0.2) is 0 Å². The third-order valence-corrected chi connectivity index (χ3v) is 2.66. The fourth-order valence-corrected chi connectivity index (χ4v) is 1.34. The molecule has 0 fully saturated rings. The predicted molar refractivity (Wildman–Crippen MR) is 58.4 cm³/mol. The molecule has 5 nitrogen and oxygen atoms in total. The van der Waals surface area contributed by atoms with Crippen molar-refractivity contribution in [1.29, 1.82) is 0 Å². The van der Waals surface area contributed by atoms with Gasteiger partial charge < -0.3 is 10.1 Å². The smallest absolute Gasteiger partial charge is 0.333 e.